The molecule has 1 atom stereocenters. The number of piperidine rings is 1. The van der Waals surface area contributed by atoms with Crippen LogP contribution < -0.4 is 10.6 Å². The van der Waals surface area contributed by atoms with E-state index in [1.807, 2.05) is 16.8 Å². The van der Waals surface area contributed by atoms with E-state index < -0.39 is 0 Å². The van der Waals surface area contributed by atoms with Gasteiger partial charge in [-0.25, -0.2) is 9.50 Å². The molecule has 0 aliphatic carbocycles. The molecule has 0 aromatic carbocycles. The zero-order valence-electron chi connectivity index (χ0n) is 11.6. The van der Waals surface area contributed by atoms with Gasteiger partial charge in [0.05, 0.1) is 6.20 Å². The highest BCUT2D eigenvalue weighted by molar-refractivity contribution is 5.66. The average Bonchev–Trinajstić information content (AvgIpc) is 2.86. The summed E-state index contributed by atoms with van der Waals surface area (Å²) in [4.78, 5) is 4.41. The van der Waals surface area contributed by atoms with Gasteiger partial charge in [0.15, 0.2) is 5.82 Å². The van der Waals surface area contributed by atoms with Gasteiger partial charge in [0.2, 0.25) is 0 Å². The van der Waals surface area contributed by atoms with Crippen molar-refractivity contribution in [2.45, 2.75) is 32.7 Å². The molecule has 1 aliphatic heterocycles. The Morgan fingerprint density at radius 2 is 2.37 bits per heavy atom. The number of nitrogens with one attached hydrogen (secondary N) is 2. The number of aromatic nitrogens is 3. The van der Waals surface area contributed by atoms with E-state index in [1.165, 1.54) is 12.8 Å². The van der Waals surface area contributed by atoms with Crippen LogP contribution in [0.25, 0.3) is 5.52 Å². The Morgan fingerprint density at radius 3 is 3.21 bits per heavy atom. The lowest BCUT2D eigenvalue weighted by Gasteiger charge is -2.39. The Hall–Kier alpha value is -1.62. The molecule has 102 valence electrons. The normalized spacial score (nSPS) is 22.5. The average molecular weight is 259 g/mol. The Bertz CT molecular complexity index is 560. The summed E-state index contributed by atoms with van der Waals surface area (Å²) >= 11 is 0. The molecule has 3 rings (SSSR count). The first-order valence-corrected chi connectivity index (χ1v) is 6.92. The number of fused-ring (bicyclic) bond motifs is 1. The van der Waals surface area contributed by atoms with E-state index in [9.17, 15) is 0 Å². The topological polar surface area (TPSA) is 54.2 Å². The van der Waals surface area contributed by atoms with E-state index in [0.29, 0.717) is 11.5 Å². The smallest absolute Gasteiger partial charge is 0.152 e. The fraction of sp³-hybridized carbons (Fsp3) is 0.571. The number of hydrogen-bond acceptors (Lipinski definition) is 4. The molecule has 0 saturated carbocycles. The van der Waals surface area contributed by atoms with Crippen molar-refractivity contribution in [3.05, 3.63) is 24.7 Å². The van der Waals surface area contributed by atoms with Crippen LogP contribution in [0.15, 0.2) is 24.7 Å². The zero-order valence-corrected chi connectivity index (χ0v) is 11.6. The summed E-state index contributed by atoms with van der Waals surface area (Å²) in [6.07, 6.45) is 7.98. The minimum Gasteiger partial charge on any atom is -0.367 e. The number of anilines is 1. The van der Waals surface area contributed by atoms with Gasteiger partial charge in [0, 0.05) is 25.0 Å². The fourth-order valence-electron chi connectivity index (χ4n) is 2.81. The van der Waals surface area contributed by atoms with Crippen LogP contribution in [-0.4, -0.2) is 33.7 Å². The van der Waals surface area contributed by atoms with E-state index in [0.717, 1.165) is 24.4 Å². The van der Waals surface area contributed by atoms with Crippen LogP contribution in [0.3, 0.4) is 0 Å². The van der Waals surface area contributed by atoms with Crippen molar-refractivity contribution >= 4 is 11.3 Å². The van der Waals surface area contributed by atoms with E-state index in [-0.39, 0.29) is 0 Å². The molecule has 2 aromatic rings. The van der Waals surface area contributed by atoms with Crippen molar-refractivity contribution in [3.8, 4) is 0 Å². The van der Waals surface area contributed by atoms with Crippen molar-refractivity contribution in [2.24, 2.45) is 5.41 Å². The van der Waals surface area contributed by atoms with Crippen LogP contribution in [0.1, 0.15) is 26.7 Å². The first-order chi connectivity index (χ1) is 9.17. The van der Waals surface area contributed by atoms with Gasteiger partial charge in [-0.3, -0.25) is 0 Å². The van der Waals surface area contributed by atoms with Gasteiger partial charge in [-0.2, -0.15) is 5.10 Å². The van der Waals surface area contributed by atoms with Crippen LogP contribution in [0.5, 0.6) is 0 Å². The second-order valence-electron chi connectivity index (χ2n) is 5.92. The summed E-state index contributed by atoms with van der Waals surface area (Å²) in [7, 11) is 0. The third-order valence-corrected chi connectivity index (χ3v) is 4.13. The molecular formula is C14H21N5. The Kier molecular flexibility index (Phi) is 3.14. The Labute approximate surface area is 113 Å². The van der Waals surface area contributed by atoms with Crippen LogP contribution in [0.2, 0.25) is 0 Å². The van der Waals surface area contributed by atoms with Gasteiger partial charge in [0.1, 0.15) is 5.52 Å². The third-order valence-electron chi connectivity index (χ3n) is 4.13. The molecule has 2 N–H and O–H groups in total. The summed E-state index contributed by atoms with van der Waals surface area (Å²) < 4.78 is 1.84. The van der Waals surface area contributed by atoms with Crippen molar-refractivity contribution in [1.82, 2.24) is 19.9 Å². The van der Waals surface area contributed by atoms with E-state index in [4.69, 9.17) is 0 Å². The minimum atomic E-state index is 0.330. The summed E-state index contributed by atoms with van der Waals surface area (Å²) in [6.45, 7) is 6.67. The van der Waals surface area contributed by atoms with Crippen molar-refractivity contribution in [2.75, 3.05) is 18.4 Å². The fourth-order valence-corrected chi connectivity index (χ4v) is 2.81. The van der Waals surface area contributed by atoms with Gasteiger partial charge < -0.3 is 10.6 Å². The van der Waals surface area contributed by atoms with Gasteiger partial charge in [-0.05, 0) is 30.9 Å². The molecule has 3 heterocycles. The van der Waals surface area contributed by atoms with Gasteiger partial charge in [-0.1, -0.05) is 13.8 Å². The van der Waals surface area contributed by atoms with Gasteiger partial charge >= 0.3 is 0 Å². The quantitative estimate of drug-likeness (QED) is 0.884. The van der Waals surface area contributed by atoms with Crippen LogP contribution in [0, 0.1) is 5.41 Å². The van der Waals surface area contributed by atoms with E-state index in [2.05, 4.69) is 34.6 Å². The van der Waals surface area contributed by atoms with Crippen LogP contribution in [-0.2, 0) is 0 Å². The number of hydrogen-bond donors (Lipinski definition) is 2. The highest BCUT2D eigenvalue weighted by atomic mass is 15.2. The lowest BCUT2D eigenvalue weighted by atomic mass is 9.77. The monoisotopic (exact) mass is 259 g/mol. The molecule has 1 unspecified atom stereocenters. The van der Waals surface area contributed by atoms with Crippen molar-refractivity contribution in [3.63, 3.8) is 0 Å². The molecular weight excluding hydrogens is 238 g/mol. The molecule has 5 heteroatoms. The molecule has 0 radical (unpaired) electrons. The largest absolute Gasteiger partial charge is 0.367 e. The standard InChI is InChI=1S/C14H21N5/c1-14(2)5-3-6-15-12(14)10-17-13-11-4-7-18-19(11)9-8-16-13/h4,7-9,12,15H,3,5-6,10H2,1-2H3,(H,16,17). The predicted octanol–water partition coefficient (Wildman–Crippen LogP) is 1.92. The van der Waals surface area contributed by atoms with E-state index >= 15 is 0 Å². The minimum absolute atomic E-state index is 0.330. The number of nitrogens with zero attached hydrogens (tertiary/aromatic N) is 3. The third kappa shape index (κ3) is 2.42. The molecule has 19 heavy (non-hydrogen) atoms. The maximum Gasteiger partial charge on any atom is 0.152 e. The second-order valence-corrected chi connectivity index (χ2v) is 5.92. The second kappa shape index (κ2) is 4.81. The lowest BCUT2D eigenvalue weighted by Crippen LogP contribution is -2.50. The molecule has 1 saturated heterocycles. The summed E-state index contributed by atoms with van der Waals surface area (Å²) in [5.74, 6) is 0.906. The molecule has 0 spiro atoms. The first kappa shape index (κ1) is 12.4. The highest BCUT2D eigenvalue weighted by Gasteiger charge is 2.31. The molecule has 0 amide bonds. The molecule has 0 bridgehead atoms. The molecule has 1 fully saturated rings. The van der Waals surface area contributed by atoms with E-state index in [1.54, 1.807) is 12.4 Å². The van der Waals surface area contributed by atoms with Crippen molar-refractivity contribution in [1.29, 1.82) is 0 Å². The summed E-state index contributed by atoms with van der Waals surface area (Å²) in [5.41, 5.74) is 1.35. The Balaban J connectivity index is 1.73. The SMILES string of the molecule is CC1(C)CCCNC1CNc1nccn2nccc12. The highest BCUT2D eigenvalue weighted by Crippen LogP contribution is 2.30. The summed E-state index contributed by atoms with van der Waals surface area (Å²) in [5, 5.41) is 11.3. The summed E-state index contributed by atoms with van der Waals surface area (Å²) in [6, 6.07) is 2.46. The molecule has 1 aliphatic rings. The lowest BCUT2D eigenvalue weighted by molar-refractivity contribution is 0.188. The predicted molar refractivity (Wildman–Crippen MR) is 76.3 cm³/mol. The van der Waals surface area contributed by atoms with Crippen LogP contribution >= 0.6 is 0 Å². The van der Waals surface area contributed by atoms with Crippen molar-refractivity contribution < 1.29 is 0 Å². The first-order valence-electron chi connectivity index (χ1n) is 6.92. The zero-order chi connectivity index (χ0) is 13.3. The maximum absolute atomic E-state index is 4.41. The van der Waals surface area contributed by atoms with Gasteiger partial charge in [-0.15, -0.1) is 0 Å². The van der Waals surface area contributed by atoms with Gasteiger partial charge in [0.25, 0.3) is 0 Å². The van der Waals surface area contributed by atoms with Crippen LogP contribution in [0.4, 0.5) is 5.82 Å². The maximum atomic E-state index is 4.41. The number of rotatable bonds is 3. The Morgan fingerprint density at radius 1 is 1.47 bits per heavy atom. The molecule has 2 aromatic heterocycles. The molecule has 5 nitrogen and oxygen atoms in total.